The van der Waals surface area contributed by atoms with Crippen molar-refractivity contribution in [1.29, 1.82) is 0 Å². The Hall–Kier alpha value is -2.88. The van der Waals surface area contributed by atoms with Gasteiger partial charge in [0.1, 0.15) is 0 Å². The van der Waals surface area contributed by atoms with E-state index in [4.69, 9.17) is 0 Å². The van der Waals surface area contributed by atoms with Gasteiger partial charge >= 0.3 is 0 Å². The van der Waals surface area contributed by atoms with E-state index in [1.54, 1.807) is 0 Å². The molecule has 4 heteroatoms. The van der Waals surface area contributed by atoms with E-state index in [1.165, 1.54) is 0 Å². The van der Waals surface area contributed by atoms with E-state index < -0.39 is 0 Å². The predicted octanol–water partition coefficient (Wildman–Crippen LogP) is 3.06. The zero-order valence-corrected chi connectivity index (χ0v) is 12.1. The minimum absolute atomic E-state index is 0.00434. The Morgan fingerprint density at radius 1 is 1.00 bits per heavy atom. The third kappa shape index (κ3) is 1.84. The number of hydrogen-bond donors (Lipinski definition) is 2. The van der Waals surface area contributed by atoms with Crippen molar-refractivity contribution in [1.82, 2.24) is 0 Å². The van der Waals surface area contributed by atoms with Crippen molar-refractivity contribution in [2.75, 3.05) is 10.6 Å². The summed E-state index contributed by atoms with van der Waals surface area (Å²) in [7, 11) is 0. The summed E-state index contributed by atoms with van der Waals surface area (Å²) in [6.45, 7) is 1.95. The molecular formula is C18H14N2O2. The number of nitrogens with one attached hydrogen (secondary N) is 2. The molecule has 4 rings (SSSR count). The van der Waals surface area contributed by atoms with Crippen LogP contribution >= 0.6 is 0 Å². The molecule has 0 radical (unpaired) electrons. The van der Waals surface area contributed by atoms with Gasteiger partial charge in [0.15, 0.2) is 0 Å². The molecule has 2 aromatic carbocycles. The highest BCUT2D eigenvalue weighted by molar-refractivity contribution is 6.37. The molecule has 2 aliphatic rings. The van der Waals surface area contributed by atoms with Crippen LogP contribution in [0.1, 0.15) is 23.6 Å². The van der Waals surface area contributed by atoms with Crippen molar-refractivity contribution in [2.45, 2.75) is 13.3 Å². The largest absolute Gasteiger partial charge is 0.325 e. The van der Waals surface area contributed by atoms with Crippen LogP contribution in [0.3, 0.4) is 0 Å². The van der Waals surface area contributed by atoms with Gasteiger partial charge in [0.05, 0.1) is 17.7 Å². The number of fused-ring (bicyclic) bond motifs is 2. The molecule has 4 nitrogen and oxygen atoms in total. The summed E-state index contributed by atoms with van der Waals surface area (Å²) in [5.41, 5.74) is 6.02. The third-order valence-corrected chi connectivity index (χ3v) is 4.19. The van der Waals surface area contributed by atoms with E-state index in [2.05, 4.69) is 10.6 Å². The fraction of sp³-hybridized carbons (Fsp3) is 0.111. The van der Waals surface area contributed by atoms with Crippen LogP contribution in [-0.2, 0) is 16.0 Å². The van der Waals surface area contributed by atoms with Gasteiger partial charge in [-0.25, -0.2) is 0 Å². The fourth-order valence-electron chi connectivity index (χ4n) is 3.10. The van der Waals surface area contributed by atoms with Gasteiger partial charge < -0.3 is 10.6 Å². The summed E-state index contributed by atoms with van der Waals surface area (Å²) in [5.74, 6) is -0.0957. The molecule has 0 bridgehead atoms. The maximum Gasteiger partial charge on any atom is 0.256 e. The molecule has 0 aromatic heterocycles. The van der Waals surface area contributed by atoms with Gasteiger partial charge in [-0.2, -0.15) is 0 Å². The second-order valence-corrected chi connectivity index (χ2v) is 5.60. The quantitative estimate of drug-likeness (QED) is 0.793. The van der Waals surface area contributed by atoms with Gasteiger partial charge in [-0.3, -0.25) is 9.59 Å². The van der Waals surface area contributed by atoms with E-state index in [9.17, 15) is 9.59 Å². The molecule has 2 heterocycles. The first kappa shape index (κ1) is 12.8. The second kappa shape index (κ2) is 4.56. The SMILES string of the molecule is C/C(=C1\C(=O)Nc2cc3c(cc21)CC(=O)N3)c1ccccc1. The number of anilines is 2. The lowest BCUT2D eigenvalue weighted by Gasteiger charge is -2.07. The number of carbonyl (C=O) groups is 2. The van der Waals surface area contributed by atoms with Crippen molar-refractivity contribution in [3.8, 4) is 0 Å². The standard InChI is InChI=1S/C18H14N2O2/c1-10(11-5-3-2-4-6-11)17-13-7-12-8-16(21)19-14(12)9-15(13)20-18(17)22/h2-7,9H,8H2,1H3,(H,19,21)(H,20,22)/b17-10+. The number of hydrogen-bond acceptors (Lipinski definition) is 2. The van der Waals surface area contributed by atoms with Crippen LogP contribution in [0.5, 0.6) is 0 Å². The minimum atomic E-state index is -0.0913. The van der Waals surface area contributed by atoms with E-state index in [1.807, 2.05) is 49.4 Å². The van der Waals surface area contributed by atoms with Crippen LogP contribution in [0, 0.1) is 0 Å². The van der Waals surface area contributed by atoms with Gasteiger partial charge in [-0.15, -0.1) is 0 Å². The summed E-state index contributed by atoms with van der Waals surface area (Å²) in [4.78, 5) is 23.9. The summed E-state index contributed by atoms with van der Waals surface area (Å²) in [6, 6.07) is 13.6. The molecule has 0 saturated heterocycles. The zero-order valence-electron chi connectivity index (χ0n) is 12.1. The molecule has 2 aliphatic heterocycles. The predicted molar refractivity (Wildman–Crippen MR) is 86.3 cm³/mol. The monoisotopic (exact) mass is 290 g/mol. The van der Waals surface area contributed by atoms with Crippen molar-refractivity contribution in [3.05, 3.63) is 59.2 Å². The molecule has 22 heavy (non-hydrogen) atoms. The topological polar surface area (TPSA) is 58.2 Å². The molecule has 2 N–H and O–H groups in total. The number of benzene rings is 2. The van der Waals surface area contributed by atoms with Crippen molar-refractivity contribution in [2.24, 2.45) is 0 Å². The maximum atomic E-state index is 12.4. The number of amides is 2. The molecule has 2 aromatic rings. The number of allylic oxidation sites excluding steroid dienone is 1. The number of rotatable bonds is 1. The molecule has 2 amide bonds. The summed E-state index contributed by atoms with van der Waals surface area (Å²) in [5, 5.41) is 5.71. The third-order valence-electron chi connectivity index (χ3n) is 4.19. The second-order valence-electron chi connectivity index (χ2n) is 5.60. The average Bonchev–Trinajstić information content (AvgIpc) is 3.02. The van der Waals surface area contributed by atoms with Crippen molar-refractivity contribution in [3.63, 3.8) is 0 Å². The van der Waals surface area contributed by atoms with Crippen LogP contribution in [0.2, 0.25) is 0 Å². The molecule has 0 spiro atoms. The smallest absolute Gasteiger partial charge is 0.256 e. The van der Waals surface area contributed by atoms with Crippen LogP contribution in [0.15, 0.2) is 42.5 Å². The fourth-order valence-corrected chi connectivity index (χ4v) is 3.10. The van der Waals surface area contributed by atoms with Crippen molar-refractivity contribution < 1.29 is 9.59 Å². The number of carbonyl (C=O) groups excluding carboxylic acids is 2. The van der Waals surface area contributed by atoms with E-state index in [0.29, 0.717) is 12.0 Å². The molecule has 0 atom stereocenters. The first-order valence-electron chi connectivity index (χ1n) is 7.18. The van der Waals surface area contributed by atoms with E-state index in [-0.39, 0.29) is 11.8 Å². The Labute approximate surface area is 127 Å². The Morgan fingerprint density at radius 3 is 2.55 bits per heavy atom. The van der Waals surface area contributed by atoms with Crippen LogP contribution in [0.25, 0.3) is 11.1 Å². The molecule has 0 aliphatic carbocycles. The maximum absolute atomic E-state index is 12.4. The van der Waals surface area contributed by atoms with Gasteiger partial charge in [-0.1, -0.05) is 30.3 Å². The van der Waals surface area contributed by atoms with Crippen LogP contribution in [0.4, 0.5) is 11.4 Å². The Morgan fingerprint density at radius 2 is 1.77 bits per heavy atom. The van der Waals surface area contributed by atoms with E-state index >= 15 is 0 Å². The van der Waals surface area contributed by atoms with Gasteiger partial charge in [0.25, 0.3) is 5.91 Å². The summed E-state index contributed by atoms with van der Waals surface area (Å²) >= 11 is 0. The van der Waals surface area contributed by atoms with Gasteiger partial charge in [-0.05, 0) is 35.8 Å². The van der Waals surface area contributed by atoms with Crippen molar-refractivity contribution >= 4 is 34.3 Å². The normalized spacial score (nSPS) is 17.7. The summed E-state index contributed by atoms with van der Waals surface area (Å²) in [6.07, 6.45) is 0.370. The molecule has 0 saturated carbocycles. The highest BCUT2D eigenvalue weighted by Crippen LogP contribution is 2.41. The molecule has 108 valence electrons. The lowest BCUT2D eigenvalue weighted by atomic mass is 9.95. The minimum Gasteiger partial charge on any atom is -0.325 e. The highest BCUT2D eigenvalue weighted by Gasteiger charge is 2.30. The van der Waals surface area contributed by atoms with Crippen LogP contribution in [-0.4, -0.2) is 11.8 Å². The molecule has 0 unspecified atom stereocenters. The Balaban J connectivity index is 1.90. The van der Waals surface area contributed by atoms with Crippen LogP contribution < -0.4 is 10.6 Å². The lowest BCUT2D eigenvalue weighted by molar-refractivity contribution is -0.115. The Kier molecular flexibility index (Phi) is 2.66. The molecule has 0 fully saturated rings. The zero-order chi connectivity index (χ0) is 15.3. The van der Waals surface area contributed by atoms with Gasteiger partial charge in [0, 0.05) is 11.3 Å². The van der Waals surface area contributed by atoms with Gasteiger partial charge in [0.2, 0.25) is 5.91 Å². The summed E-state index contributed by atoms with van der Waals surface area (Å²) < 4.78 is 0. The van der Waals surface area contributed by atoms with E-state index in [0.717, 1.165) is 33.6 Å². The lowest BCUT2D eigenvalue weighted by Crippen LogP contribution is -2.06. The highest BCUT2D eigenvalue weighted by atomic mass is 16.2. The molecular weight excluding hydrogens is 276 g/mol. The first-order valence-corrected chi connectivity index (χ1v) is 7.18. The first-order chi connectivity index (χ1) is 10.6. The Bertz CT molecular complexity index is 851. The average molecular weight is 290 g/mol.